The van der Waals surface area contributed by atoms with Crippen molar-refractivity contribution >= 4 is 34.8 Å². The first-order chi connectivity index (χ1) is 9.25. The van der Waals surface area contributed by atoms with E-state index in [-0.39, 0.29) is 20.9 Å². The van der Waals surface area contributed by atoms with Gasteiger partial charge in [0.15, 0.2) is 5.69 Å². The summed E-state index contributed by atoms with van der Waals surface area (Å²) in [6, 6.07) is 4.14. The van der Waals surface area contributed by atoms with Crippen molar-refractivity contribution in [1.29, 1.82) is 0 Å². The second-order valence-corrected chi connectivity index (χ2v) is 4.96. The van der Waals surface area contributed by atoms with Crippen molar-refractivity contribution in [3.63, 3.8) is 0 Å². The molecule has 1 aromatic carbocycles. The third kappa shape index (κ3) is 2.74. The number of rotatable bonds is 2. The molecule has 0 saturated heterocycles. The SMILES string of the molecule is OCc1c(C(F)(F)F)nn(-c2ccc(Cl)c(Cl)c2)c1Cl. The fraction of sp³-hybridized carbons (Fsp3) is 0.182. The van der Waals surface area contributed by atoms with E-state index in [0.29, 0.717) is 0 Å². The Morgan fingerprint density at radius 1 is 1.15 bits per heavy atom. The second-order valence-electron chi connectivity index (χ2n) is 3.78. The monoisotopic (exact) mass is 344 g/mol. The Balaban J connectivity index is 2.63. The van der Waals surface area contributed by atoms with Gasteiger partial charge >= 0.3 is 6.18 Å². The van der Waals surface area contributed by atoms with Crippen LogP contribution in [-0.4, -0.2) is 14.9 Å². The molecular formula is C11H6Cl3F3N2O. The average molecular weight is 346 g/mol. The van der Waals surface area contributed by atoms with Crippen LogP contribution in [0.2, 0.25) is 15.2 Å². The second kappa shape index (κ2) is 5.44. The zero-order valence-corrected chi connectivity index (χ0v) is 11.8. The van der Waals surface area contributed by atoms with Gasteiger partial charge in [0.2, 0.25) is 0 Å². The molecule has 2 aromatic rings. The van der Waals surface area contributed by atoms with E-state index in [0.717, 1.165) is 4.68 Å². The highest BCUT2D eigenvalue weighted by atomic mass is 35.5. The average Bonchev–Trinajstić information content (AvgIpc) is 2.69. The van der Waals surface area contributed by atoms with E-state index in [1.807, 2.05) is 0 Å². The zero-order valence-electron chi connectivity index (χ0n) is 9.55. The Bertz CT molecular complexity index is 655. The van der Waals surface area contributed by atoms with Gasteiger partial charge in [-0.15, -0.1) is 0 Å². The van der Waals surface area contributed by atoms with Gasteiger partial charge in [-0.05, 0) is 18.2 Å². The number of aliphatic hydroxyl groups excluding tert-OH is 1. The standard InChI is InChI=1S/C11H6Cl3F3N2O/c12-7-2-1-5(3-8(7)13)19-10(14)6(4-20)9(18-19)11(15,16)17/h1-3,20H,4H2. The molecule has 1 heterocycles. The molecule has 9 heteroatoms. The molecular weight excluding hydrogens is 339 g/mol. The molecule has 0 unspecified atom stereocenters. The van der Waals surface area contributed by atoms with E-state index in [9.17, 15) is 13.2 Å². The Hall–Kier alpha value is -0.950. The van der Waals surface area contributed by atoms with Gasteiger partial charge in [-0.1, -0.05) is 34.8 Å². The zero-order chi connectivity index (χ0) is 15.1. The van der Waals surface area contributed by atoms with E-state index in [1.54, 1.807) is 0 Å². The fourth-order valence-corrected chi connectivity index (χ4v) is 2.16. The van der Waals surface area contributed by atoms with Crippen LogP contribution in [-0.2, 0) is 12.8 Å². The Labute approximate surface area is 126 Å². The quantitative estimate of drug-likeness (QED) is 0.879. The van der Waals surface area contributed by atoms with Crippen LogP contribution in [0.15, 0.2) is 18.2 Å². The maximum atomic E-state index is 12.8. The Morgan fingerprint density at radius 2 is 1.80 bits per heavy atom. The van der Waals surface area contributed by atoms with Crippen molar-refractivity contribution in [3.05, 3.63) is 44.7 Å². The van der Waals surface area contributed by atoms with Crippen molar-refractivity contribution in [2.24, 2.45) is 0 Å². The van der Waals surface area contributed by atoms with Crippen LogP contribution in [0.3, 0.4) is 0 Å². The van der Waals surface area contributed by atoms with Crippen LogP contribution < -0.4 is 0 Å². The summed E-state index contributed by atoms with van der Waals surface area (Å²) >= 11 is 17.4. The lowest BCUT2D eigenvalue weighted by molar-refractivity contribution is -0.142. The first-order valence-electron chi connectivity index (χ1n) is 5.16. The molecule has 0 aliphatic rings. The third-order valence-corrected chi connectivity index (χ3v) is 3.62. The third-order valence-electron chi connectivity index (χ3n) is 2.50. The maximum absolute atomic E-state index is 12.8. The molecule has 1 N–H and O–H groups in total. The summed E-state index contributed by atoms with van der Waals surface area (Å²) in [5.41, 5.74) is -1.53. The predicted octanol–water partition coefficient (Wildman–Crippen LogP) is 4.34. The number of alkyl halides is 3. The van der Waals surface area contributed by atoms with Crippen molar-refractivity contribution in [1.82, 2.24) is 9.78 Å². The van der Waals surface area contributed by atoms with Crippen LogP contribution in [0, 0.1) is 0 Å². The number of nitrogens with zero attached hydrogens (tertiary/aromatic N) is 2. The van der Waals surface area contributed by atoms with Crippen molar-refractivity contribution in [2.75, 3.05) is 0 Å². The summed E-state index contributed by atoms with van der Waals surface area (Å²) in [4.78, 5) is 0. The van der Waals surface area contributed by atoms with E-state index in [1.165, 1.54) is 18.2 Å². The lowest BCUT2D eigenvalue weighted by Gasteiger charge is -2.05. The topological polar surface area (TPSA) is 38.1 Å². The summed E-state index contributed by atoms with van der Waals surface area (Å²) in [5, 5.41) is 12.5. The first-order valence-corrected chi connectivity index (χ1v) is 6.30. The number of hydrogen-bond donors (Lipinski definition) is 1. The van der Waals surface area contributed by atoms with E-state index in [4.69, 9.17) is 39.9 Å². The van der Waals surface area contributed by atoms with Crippen LogP contribution in [0.1, 0.15) is 11.3 Å². The molecule has 2 rings (SSSR count). The van der Waals surface area contributed by atoms with Gasteiger partial charge in [-0.3, -0.25) is 0 Å². The molecule has 0 radical (unpaired) electrons. The van der Waals surface area contributed by atoms with Crippen LogP contribution in [0.5, 0.6) is 0 Å². The molecule has 0 bridgehead atoms. The van der Waals surface area contributed by atoms with Crippen molar-refractivity contribution in [2.45, 2.75) is 12.8 Å². The van der Waals surface area contributed by atoms with Gasteiger partial charge in [-0.25, -0.2) is 4.68 Å². The molecule has 0 aliphatic carbocycles. The molecule has 3 nitrogen and oxygen atoms in total. The van der Waals surface area contributed by atoms with Gasteiger partial charge in [0, 0.05) is 5.56 Å². The molecule has 0 saturated carbocycles. The lowest BCUT2D eigenvalue weighted by Crippen LogP contribution is -2.09. The highest BCUT2D eigenvalue weighted by molar-refractivity contribution is 6.42. The predicted molar refractivity (Wildman–Crippen MR) is 69.5 cm³/mol. The minimum Gasteiger partial charge on any atom is -0.391 e. The molecule has 0 spiro atoms. The van der Waals surface area contributed by atoms with E-state index in [2.05, 4.69) is 5.10 Å². The van der Waals surface area contributed by atoms with Gasteiger partial charge in [0.05, 0.1) is 22.3 Å². The van der Waals surface area contributed by atoms with Crippen LogP contribution in [0.4, 0.5) is 13.2 Å². The van der Waals surface area contributed by atoms with Gasteiger partial charge in [0.25, 0.3) is 0 Å². The number of halogens is 6. The number of aliphatic hydroxyl groups is 1. The Kier molecular flexibility index (Phi) is 4.20. The molecule has 20 heavy (non-hydrogen) atoms. The summed E-state index contributed by atoms with van der Waals surface area (Å²) in [6.07, 6.45) is -4.72. The molecule has 0 amide bonds. The minimum absolute atomic E-state index is 0.148. The fourth-order valence-electron chi connectivity index (χ4n) is 1.59. The Morgan fingerprint density at radius 3 is 2.25 bits per heavy atom. The molecule has 108 valence electrons. The number of hydrogen-bond acceptors (Lipinski definition) is 2. The van der Waals surface area contributed by atoms with Gasteiger partial charge < -0.3 is 5.11 Å². The molecule has 1 aromatic heterocycles. The highest BCUT2D eigenvalue weighted by Gasteiger charge is 2.39. The normalized spacial score (nSPS) is 11.9. The van der Waals surface area contributed by atoms with Crippen molar-refractivity contribution < 1.29 is 18.3 Å². The van der Waals surface area contributed by atoms with Crippen LogP contribution >= 0.6 is 34.8 Å². The summed E-state index contributed by atoms with van der Waals surface area (Å²) in [5.74, 6) is 0. The minimum atomic E-state index is -4.72. The van der Waals surface area contributed by atoms with Crippen molar-refractivity contribution in [3.8, 4) is 5.69 Å². The molecule has 0 fully saturated rings. The highest BCUT2D eigenvalue weighted by Crippen LogP contribution is 2.36. The summed E-state index contributed by atoms with van der Waals surface area (Å²) in [7, 11) is 0. The molecule has 0 atom stereocenters. The lowest BCUT2D eigenvalue weighted by atomic mass is 10.2. The van der Waals surface area contributed by atoms with Gasteiger partial charge in [-0.2, -0.15) is 18.3 Å². The number of benzene rings is 1. The summed E-state index contributed by atoms with van der Waals surface area (Å²) < 4.78 is 39.2. The maximum Gasteiger partial charge on any atom is 0.435 e. The largest absolute Gasteiger partial charge is 0.435 e. The molecule has 0 aliphatic heterocycles. The van der Waals surface area contributed by atoms with E-state index >= 15 is 0 Å². The first kappa shape index (κ1) is 15.4. The van der Waals surface area contributed by atoms with Gasteiger partial charge in [0.1, 0.15) is 5.15 Å². The van der Waals surface area contributed by atoms with E-state index < -0.39 is 24.0 Å². The smallest absolute Gasteiger partial charge is 0.391 e. The van der Waals surface area contributed by atoms with Crippen LogP contribution in [0.25, 0.3) is 5.69 Å². The summed E-state index contributed by atoms with van der Waals surface area (Å²) in [6.45, 7) is -0.880. The number of aromatic nitrogens is 2.